The van der Waals surface area contributed by atoms with Gasteiger partial charge in [0.2, 0.25) is 5.91 Å². The van der Waals surface area contributed by atoms with Crippen LogP contribution in [0.15, 0.2) is 24.3 Å². The van der Waals surface area contributed by atoms with Crippen LogP contribution in [0, 0.1) is 11.8 Å². The lowest BCUT2D eigenvalue weighted by molar-refractivity contribution is -0.129. The summed E-state index contributed by atoms with van der Waals surface area (Å²) >= 11 is 5.94. The molecular formula is C22H32ClN3O. The quantitative estimate of drug-likeness (QED) is 0.774. The summed E-state index contributed by atoms with van der Waals surface area (Å²) in [5.41, 5.74) is 1.06. The highest BCUT2D eigenvalue weighted by Gasteiger charge is 2.43. The van der Waals surface area contributed by atoms with E-state index in [4.69, 9.17) is 11.6 Å². The molecule has 4 nitrogen and oxygen atoms in total. The molecule has 0 aliphatic carbocycles. The lowest BCUT2D eigenvalue weighted by Crippen LogP contribution is -2.45. The molecule has 1 aromatic carbocycles. The molecule has 0 unspecified atom stereocenters. The van der Waals surface area contributed by atoms with E-state index in [1.807, 2.05) is 24.3 Å². The largest absolute Gasteiger partial charge is 0.342 e. The van der Waals surface area contributed by atoms with Gasteiger partial charge in [-0.25, -0.2) is 0 Å². The van der Waals surface area contributed by atoms with Gasteiger partial charge < -0.3 is 9.80 Å². The van der Waals surface area contributed by atoms with Crippen LogP contribution in [0.4, 0.5) is 0 Å². The minimum atomic E-state index is 0.270. The minimum Gasteiger partial charge on any atom is -0.342 e. The smallest absolute Gasteiger partial charge is 0.227 e. The Hall–Kier alpha value is -1.10. The van der Waals surface area contributed by atoms with E-state index in [1.54, 1.807) is 0 Å². The summed E-state index contributed by atoms with van der Waals surface area (Å²) in [4.78, 5) is 20.1. The molecule has 3 fully saturated rings. The number of hydrogen-bond acceptors (Lipinski definition) is 3. The number of fused-ring (bicyclic) bond motifs is 1. The van der Waals surface area contributed by atoms with Crippen molar-refractivity contribution in [3.8, 4) is 0 Å². The second-order valence-corrected chi connectivity index (χ2v) is 9.09. The third kappa shape index (κ3) is 4.49. The van der Waals surface area contributed by atoms with E-state index in [0.717, 1.165) is 29.7 Å². The molecule has 0 saturated carbocycles. The Morgan fingerprint density at radius 2 is 1.67 bits per heavy atom. The first-order valence-corrected chi connectivity index (χ1v) is 11.0. The number of carbonyl (C=O) groups is 1. The minimum absolute atomic E-state index is 0.270. The number of hydrogen-bond donors (Lipinski definition) is 0. The van der Waals surface area contributed by atoms with Gasteiger partial charge in [0, 0.05) is 37.2 Å². The molecule has 1 aromatic rings. The van der Waals surface area contributed by atoms with Crippen molar-refractivity contribution >= 4 is 17.5 Å². The zero-order valence-corrected chi connectivity index (χ0v) is 17.2. The van der Waals surface area contributed by atoms with Crippen LogP contribution in [0.25, 0.3) is 0 Å². The number of carbonyl (C=O) groups excluding carboxylic acids is 1. The zero-order chi connectivity index (χ0) is 18.8. The van der Waals surface area contributed by atoms with Crippen molar-refractivity contribution in [2.45, 2.75) is 38.6 Å². The molecule has 0 bridgehead atoms. The van der Waals surface area contributed by atoms with Crippen LogP contribution < -0.4 is 0 Å². The average Bonchev–Trinajstić information content (AvgIpc) is 3.24. The molecule has 0 spiro atoms. The predicted molar refractivity (Wildman–Crippen MR) is 110 cm³/mol. The number of halogens is 1. The number of rotatable bonds is 5. The molecule has 3 aliphatic rings. The summed E-state index contributed by atoms with van der Waals surface area (Å²) in [7, 11) is 0. The third-order valence-corrected chi connectivity index (χ3v) is 7.00. The molecular weight excluding hydrogens is 358 g/mol. The number of benzene rings is 1. The molecule has 0 N–H and O–H groups in total. The standard InChI is InChI=1S/C22H32ClN3O/c1-2-9-24-10-7-21(8-11-24)25-13-18-15-26(16-19(18)14-25)22(27)12-17-3-5-20(23)6-4-17/h3-6,18-19,21H,2,7-16H2,1H3/t18-,19+. The highest BCUT2D eigenvalue weighted by molar-refractivity contribution is 6.30. The fourth-order valence-corrected chi connectivity index (χ4v) is 5.37. The van der Waals surface area contributed by atoms with Crippen molar-refractivity contribution < 1.29 is 4.79 Å². The predicted octanol–water partition coefficient (Wildman–Crippen LogP) is 3.15. The van der Waals surface area contributed by atoms with Crippen LogP contribution in [0.2, 0.25) is 5.02 Å². The van der Waals surface area contributed by atoms with Crippen molar-refractivity contribution in [2.24, 2.45) is 11.8 Å². The van der Waals surface area contributed by atoms with Gasteiger partial charge in [-0.1, -0.05) is 30.7 Å². The molecule has 27 heavy (non-hydrogen) atoms. The van der Waals surface area contributed by atoms with Crippen LogP contribution in [0.1, 0.15) is 31.7 Å². The highest BCUT2D eigenvalue weighted by Crippen LogP contribution is 2.34. The van der Waals surface area contributed by atoms with Gasteiger partial charge in [0.25, 0.3) is 0 Å². The van der Waals surface area contributed by atoms with Gasteiger partial charge in [-0.05, 0) is 68.4 Å². The molecule has 0 aromatic heterocycles. The first-order chi connectivity index (χ1) is 13.1. The number of piperidine rings is 1. The topological polar surface area (TPSA) is 26.8 Å². The molecule has 0 radical (unpaired) electrons. The van der Waals surface area contributed by atoms with E-state index >= 15 is 0 Å². The molecule has 2 atom stereocenters. The Kier molecular flexibility index (Phi) is 6.05. The molecule has 1 amide bonds. The molecule has 3 aliphatic heterocycles. The van der Waals surface area contributed by atoms with E-state index in [2.05, 4.69) is 21.6 Å². The Balaban J connectivity index is 1.25. The van der Waals surface area contributed by atoms with E-state index in [-0.39, 0.29) is 5.91 Å². The van der Waals surface area contributed by atoms with Crippen LogP contribution >= 0.6 is 11.6 Å². The van der Waals surface area contributed by atoms with Gasteiger partial charge in [0.05, 0.1) is 6.42 Å². The Labute approximate surface area is 168 Å². The summed E-state index contributed by atoms with van der Waals surface area (Å²) in [5.74, 6) is 1.62. The monoisotopic (exact) mass is 389 g/mol. The molecule has 148 valence electrons. The fourth-order valence-electron chi connectivity index (χ4n) is 5.24. The van der Waals surface area contributed by atoms with Crippen LogP contribution in [-0.4, -0.2) is 72.5 Å². The normalized spacial score (nSPS) is 27.3. The van der Waals surface area contributed by atoms with E-state index in [0.29, 0.717) is 18.3 Å². The van der Waals surface area contributed by atoms with Crippen molar-refractivity contribution in [2.75, 3.05) is 45.8 Å². The molecule has 4 rings (SSSR count). The average molecular weight is 390 g/mol. The van der Waals surface area contributed by atoms with Gasteiger partial charge in [0.15, 0.2) is 0 Å². The summed E-state index contributed by atoms with van der Waals surface area (Å²) < 4.78 is 0. The molecule has 5 heteroatoms. The first-order valence-electron chi connectivity index (χ1n) is 10.6. The van der Waals surface area contributed by atoms with Crippen molar-refractivity contribution in [3.05, 3.63) is 34.9 Å². The molecule has 3 heterocycles. The van der Waals surface area contributed by atoms with Crippen LogP contribution in [-0.2, 0) is 11.2 Å². The van der Waals surface area contributed by atoms with Crippen molar-refractivity contribution in [1.82, 2.24) is 14.7 Å². The van der Waals surface area contributed by atoms with Gasteiger partial charge in [-0.15, -0.1) is 0 Å². The van der Waals surface area contributed by atoms with Gasteiger partial charge in [-0.2, -0.15) is 0 Å². The summed E-state index contributed by atoms with van der Waals surface area (Å²) in [5, 5.41) is 0.725. The fraction of sp³-hybridized carbons (Fsp3) is 0.682. The zero-order valence-electron chi connectivity index (χ0n) is 16.4. The second kappa shape index (κ2) is 8.50. The SMILES string of the molecule is CCCN1CCC(N2C[C@H]3CN(C(=O)Cc4ccc(Cl)cc4)C[C@H]3C2)CC1. The number of amides is 1. The first kappa shape index (κ1) is 19.2. The van der Waals surface area contributed by atoms with E-state index in [1.165, 1.54) is 52.0 Å². The van der Waals surface area contributed by atoms with E-state index in [9.17, 15) is 4.79 Å². The van der Waals surface area contributed by atoms with Crippen molar-refractivity contribution in [1.29, 1.82) is 0 Å². The Bertz CT molecular complexity index is 627. The Morgan fingerprint density at radius 1 is 1.04 bits per heavy atom. The maximum Gasteiger partial charge on any atom is 0.227 e. The summed E-state index contributed by atoms with van der Waals surface area (Å²) in [6.07, 6.45) is 4.39. The van der Waals surface area contributed by atoms with Crippen molar-refractivity contribution in [3.63, 3.8) is 0 Å². The van der Waals surface area contributed by atoms with Gasteiger partial charge >= 0.3 is 0 Å². The van der Waals surface area contributed by atoms with Gasteiger partial charge in [-0.3, -0.25) is 9.69 Å². The maximum atomic E-state index is 12.7. The summed E-state index contributed by atoms with van der Waals surface area (Å²) in [6, 6.07) is 8.43. The van der Waals surface area contributed by atoms with Crippen LogP contribution in [0.3, 0.4) is 0 Å². The Morgan fingerprint density at radius 3 is 2.26 bits per heavy atom. The third-order valence-electron chi connectivity index (χ3n) is 6.75. The maximum absolute atomic E-state index is 12.7. The molecule has 3 saturated heterocycles. The van der Waals surface area contributed by atoms with Crippen LogP contribution in [0.5, 0.6) is 0 Å². The number of nitrogens with zero attached hydrogens (tertiary/aromatic N) is 3. The van der Waals surface area contributed by atoms with Gasteiger partial charge in [0.1, 0.15) is 0 Å². The van der Waals surface area contributed by atoms with E-state index < -0.39 is 0 Å². The lowest BCUT2D eigenvalue weighted by atomic mass is 10.0. The highest BCUT2D eigenvalue weighted by atomic mass is 35.5. The number of likely N-dealkylation sites (tertiary alicyclic amines) is 3. The summed E-state index contributed by atoms with van der Waals surface area (Å²) in [6.45, 7) is 10.3. The lowest BCUT2D eigenvalue weighted by Gasteiger charge is -2.37. The second-order valence-electron chi connectivity index (χ2n) is 8.65.